The molecule has 1 fully saturated rings. The van der Waals surface area contributed by atoms with Gasteiger partial charge in [0.1, 0.15) is 22.9 Å². The van der Waals surface area contributed by atoms with E-state index < -0.39 is 0 Å². The van der Waals surface area contributed by atoms with E-state index in [0.717, 1.165) is 27.2 Å². The number of H-pyrrole nitrogens is 1. The molecule has 1 aliphatic rings. The van der Waals surface area contributed by atoms with Crippen LogP contribution in [-0.2, 0) is 11.2 Å². The number of hydrogen-bond donors (Lipinski definition) is 1. The van der Waals surface area contributed by atoms with Crippen molar-refractivity contribution in [3.63, 3.8) is 0 Å². The number of carbonyl (C=O) groups is 1. The first-order chi connectivity index (χ1) is 11.2. The fourth-order valence-corrected chi connectivity index (χ4v) is 3.61. The number of carbonyl (C=O) groups excluding carboxylic acids is 1. The van der Waals surface area contributed by atoms with Crippen molar-refractivity contribution in [2.45, 2.75) is 19.3 Å². The van der Waals surface area contributed by atoms with E-state index in [-0.39, 0.29) is 11.8 Å². The molecule has 0 atom stereocenters. The third-order valence-corrected chi connectivity index (χ3v) is 4.92. The number of nitrogens with one attached hydrogen (secondary N) is 1. The Hall–Kier alpha value is -2.48. The van der Waals surface area contributed by atoms with Crippen LogP contribution in [0.25, 0.3) is 11.5 Å². The standard InChI is InChI=1S/C15H15N5O2S/c1-9-14(11-3-2-4-22-11)18-12(23-9)5-13(21)20-6-10(7-20)15-16-8-17-19-15/h2-4,8,10H,5-7H2,1H3,(H,16,17,19). The molecule has 0 unspecified atom stereocenters. The molecule has 8 heteroatoms. The Kier molecular flexibility index (Phi) is 3.45. The van der Waals surface area contributed by atoms with E-state index in [1.807, 2.05) is 24.0 Å². The van der Waals surface area contributed by atoms with E-state index in [9.17, 15) is 4.79 Å². The second-order valence-corrected chi connectivity index (χ2v) is 6.82. The molecule has 0 saturated carbocycles. The molecule has 1 amide bonds. The second kappa shape index (κ2) is 5.62. The lowest BCUT2D eigenvalue weighted by atomic mass is 9.99. The van der Waals surface area contributed by atoms with Gasteiger partial charge in [0.2, 0.25) is 5.91 Å². The van der Waals surface area contributed by atoms with Gasteiger partial charge in [-0.15, -0.1) is 11.3 Å². The van der Waals surface area contributed by atoms with Gasteiger partial charge in [-0.05, 0) is 19.1 Å². The van der Waals surface area contributed by atoms with Crippen molar-refractivity contribution in [1.82, 2.24) is 25.1 Å². The molecule has 23 heavy (non-hydrogen) atoms. The van der Waals surface area contributed by atoms with Crippen molar-refractivity contribution in [3.8, 4) is 11.5 Å². The van der Waals surface area contributed by atoms with Crippen LogP contribution in [0.15, 0.2) is 29.1 Å². The average Bonchev–Trinajstić information content (AvgIpc) is 3.18. The lowest BCUT2D eigenvalue weighted by Gasteiger charge is -2.37. The highest BCUT2D eigenvalue weighted by atomic mass is 32.1. The van der Waals surface area contributed by atoms with Crippen molar-refractivity contribution >= 4 is 17.2 Å². The first kappa shape index (κ1) is 14.1. The third kappa shape index (κ3) is 2.65. The van der Waals surface area contributed by atoms with E-state index in [0.29, 0.717) is 19.5 Å². The summed E-state index contributed by atoms with van der Waals surface area (Å²) in [6, 6.07) is 3.72. The van der Waals surface area contributed by atoms with Crippen molar-refractivity contribution in [3.05, 3.63) is 40.4 Å². The van der Waals surface area contributed by atoms with E-state index in [1.54, 1.807) is 17.6 Å². The number of rotatable bonds is 4. The molecule has 0 spiro atoms. The van der Waals surface area contributed by atoms with Crippen molar-refractivity contribution < 1.29 is 9.21 Å². The molecule has 1 N–H and O–H groups in total. The zero-order valence-electron chi connectivity index (χ0n) is 12.5. The number of aromatic amines is 1. The highest BCUT2D eigenvalue weighted by Gasteiger charge is 2.33. The minimum atomic E-state index is 0.0977. The maximum atomic E-state index is 12.3. The van der Waals surface area contributed by atoms with Crippen LogP contribution >= 0.6 is 11.3 Å². The number of amides is 1. The summed E-state index contributed by atoms with van der Waals surface area (Å²) in [5.74, 6) is 1.95. The minimum absolute atomic E-state index is 0.0977. The summed E-state index contributed by atoms with van der Waals surface area (Å²) in [5, 5.41) is 7.52. The van der Waals surface area contributed by atoms with Crippen LogP contribution in [0.5, 0.6) is 0 Å². The van der Waals surface area contributed by atoms with E-state index in [1.165, 1.54) is 6.33 Å². The molecule has 1 saturated heterocycles. The van der Waals surface area contributed by atoms with E-state index >= 15 is 0 Å². The topological polar surface area (TPSA) is 87.9 Å². The first-order valence-electron chi connectivity index (χ1n) is 7.34. The molecular formula is C15H15N5O2S. The Morgan fingerprint density at radius 2 is 2.39 bits per heavy atom. The molecule has 4 heterocycles. The van der Waals surface area contributed by atoms with Crippen LogP contribution in [0.1, 0.15) is 21.6 Å². The van der Waals surface area contributed by atoms with Crippen LogP contribution in [0, 0.1) is 6.92 Å². The second-order valence-electron chi connectivity index (χ2n) is 5.53. The van der Waals surface area contributed by atoms with Gasteiger partial charge in [0.05, 0.1) is 18.6 Å². The summed E-state index contributed by atoms with van der Waals surface area (Å²) in [4.78, 5) is 23.9. The normalized spacial score (nSPS) is 14.9. The van der Waals surface area contributed by atoms with Crippen molar-refractivity contribution in [2.24, 2.45) is 0 Å². The number of nitrogens with zero attached hydrogens (tertiary/aromatic N) is 4. The molecule has 3 aromatic rings. The highest BCUT2D eigenvalue weighted by Crippen LogP contribution is 2.29. The minimum Gasteiger partial charge on any atom is -0.463 e. The lowest BCUT2D eigenvalue weighted by Crippen LogP contribution is -2.49. The molecule has 3 aromatic heterocycles. The summed E-state index contributed by atoms with van der Waals surface area (Å²) >= 11 is 1.54. The molecule has 7 nitrogen and oxygen atoms in total. The Morgan fingerprint density at radius 1 is 1.52 bits per heavy atom. The Morgan fingerprint density at radius 3 is 3.09 bits per heavy atom. The van der Waals surface area contributed by atoms with Crippen LogP contribution in [0.2, 0.25) is 0 Å². The van der Waals surface area contributed by atoms with Gasteiger partial charge in [-0.2, -0.15) is 5.10 Å². The quantitative estimate of drug-likeness (QED) is 0.791. The maximum Gasteiger partial charge on any atom is 0.229 e. The van der Waals surface area contributed by atoms with Gasteiger partial charge < -0.3 is 9.32 Å². The Balaban J connectivity index is 1.39. The van der Waals surface area contributed by atoms with Crippen LogP contribution < -0.4 is 0 Å². The molecular weight excluding hydrogens is 314 g/mol. The number of thiazole rings is 1. The van der Waals surface area contributed by atoms with Crippen molar-refractivity contribution in [2.75, 3.05) is 13.1 Å². The number of aryl methyl sites for hydroxylation is 1. The lowest BCUT2D eigenvalue weighted by molar-refractivity contribution is -0.135. The highest BCUT2D eigenvalue weighted by molar-refractivity contribution is 7.12. The average molecular weight is 329 g/mol. The number of aromatic nitrogens is 4. The monoisotopic (exact) mass is 329 g/mol. The largest absolute Gasteiger partial charge is 0.463 e. The fourth-order valence-electron chi connectivity index (χ4n) is 2.68. The van der Waals surface area contributed by atoms with Crippen LogP contribution in [-0.4, -0.2) is 44.1 Å². The number of likely N-dealkylation sites (tertiary alicyclic amines) is 1. The molecule has 1 aliphatic heterocycles. The van der Waals surface area contributed by atoms with Gasteiger partial charge in [0, 0.05) is 18.0 Å². The number of furan rings is 1. The molecule has 0 aliphatic carbocycles. The zero-order valence-corrected chi connectivity index (χ0v) is 13.3. The Bertz CT molecular complexity index is 803. The smallest absolute Gasteiger partial charge is 0.229 e. The van der Waals surface area contributed by atoms with Gasteiger partial charge in [0.15, 0.2) is 5.76 Å². The summed E-state index contributed by atoms with van der Waals surface area (Å²) in [6.07, 6.45) is 3.45. The van der Waals surface area contributed by atoms with Crippen LogP contribution in [0.4, 0.5) is 0 Å². The van der Waals surface area contributed by atoms with E-state index in [2.05, 4.69) is 20.2 Å². The predicted octanol–water partition coefficient (Wildman–Crippen LogP) is 2.00. The van der Waals surface area contributed by atoms with Crippen LogP contribution in [0.3, 0.4) is 0 Å². The molecule has 0 bridgehead atoms. The summed E-state index contributed by atoms with van der Waals surface area (Å²) in [7, 11) is 0. The zero-order chi connectivity index (χ0) is 15.8. The van der Waals surface area contributed by atoms with Gasteiger partial charge in [0.25, 0.3) is 0 Å². The van der Waals surface area contributed by atoms with Gasteiger partial charge in [-0.25, -0.2) is 9.97 Å². The molecule has 4 rings (SSSR count). The number of hydrogen-bond acceptors (Lipinski definition) is 6. The molecule has 0 radical (unpaired) electrons. The fraction of sp³-hybridized carbons (Fsp3) is 0.333. The van der Waals surface area contributed by atoms with Gasteiger partial charge in [-0.1, -0.05) is 0 Å². The SMILES string of the molecule is Cc1sc(CC(=O)N2CC(c3ncn[nH]3)C2)nc1-c1ccco1. The molecule has 118 valence electrons. The summed E-state index contributed by atoms with van der Waals surface area (Å²) in [5.41, 5.74) is 0.825. The summed E-state index contributed by atoms with van der Waals surface area (Å²) in [6.45, 7) is 3.36. The Labute approximate surface area is 136 Å². The first-order valence-corrected chi connectivity index (χ1v) is 8.15. The molecule has 0 aromatic carbocycles. The maximum absolute atomic E-state index is 12.3. The predicted molar refractivity (Wildman–Crippen MR) is 84.0 cm³/mol. The van der Waals surface area contributed by atoms with Crippen molar-refractivity contribution in [1.29, 1.82) is 0 Å². The van der Waals surface area contributed by atoms with Gasteiger partial charge in [-0.3, -0.25) is 9.89 Å². The van der Waals surface area contributed by atoms with E-state index in [4.69, 9.17) is 4.42 Å². The van der Waals surface area contributed by atoms with Gasteiger partial charge >= 0.3 is 0 Å². The summed E-state index contributed by atoms with van der Waals surface area (Å²) < 4.78 is 5.39. The third-order valence-electron chi connectivity index (χ3n) is 3.95.